The molecule has 10 heteroatoms. The van der Waals surface area contributed by atoms with Crippen LogP contribution < -0.4 is 0 Å². The number of fused-ring (bicyclic) bond motifs is 1. The van der Waals surface area contributed by atoms with Crippen molar-refractivity contribution in [3.63, 3.8) is 0 Å². The molecule has 1 aromatic carbocycles. The molecule has 27 heavy (non-hydrogen) atoms. The molecule has 2 aromatic rings. The first-order valence-electron chi connectivity index (χ1n) is 8.83. The van der Waals surface area contributed by atoms with E-state index in [9.17, 15) is 13.2 Å². The van der Waals surface area contributed by atoms with E-state index in [0.29, 0.717) is 44.2 Å². The first-order valence-corrected chi connectivity index (χ1v) is 10.7. The van der Waals surface area contributed by atoms with Crippen molar-refractivity contribution in [2.45, 2.75) is 43.8 Å². The van der Waals surface area contributed by atoms with Gasteiger partial charge in [0, 0.05) is 26.6 Å². The van der Waals surface area contributed by atoms with E-state index >= 15 is 0 Å². The van der Waals surface area contributed by atoms with Crippen LogP contribution in [0.1, 0.15) is 37.5 Å². The van der Waals surface area contributed by atoms with Gasteiger partial charge in [-0.2, -0.15) is 4.31 Å². The highest BCUT2D eigenvalue weighted by Crippen LogP contribution is 2.38. The first-order chi connectivity index (χ1) is 12.9. The summed E-state index contributed by atoms with van der Waals surface area (Å²) in [6.45, 7) is 3.47. The number of carbonyl (C=O) groups is 1. The lowest BCUT2D eigenvalue weighted by atomic mass is 10.2. The van der Waals surface area contributed by atoms with Crippen molar-refractivity contribution in [3.05, 3.63) is 40.9 Å². The van der Waals surface area contributed by atoms with Gasteiger partial charge in [0.1, 0.15) is 4.90 Å². The van der Waals surface area contributed by atoms with Crippen LogP contribution in [0.4, 0.5) is 0 Å². The van der Waals surface area contributed by atoms with Crippen LogP contribution >= 0.6 is 11.6 Å². The lowest BCUT2D eigenvalue weighted by Gasteiger charge is -2.29. The lowest BCUT2D eigenvalue weighted by molar-refractivity contribution is -0.130. The summed E-state index contributed by atoms with van der Waals surface area (Å²) in [4.78, 5) is 13.4. The van der Waals surface area contributed by atoms with Crippen molar-refractivity contribution in [2.24, 2.45) is 0 Å². The Bertz CT molecular complexity index is 990. The average Bonchev–Trinajstić information content (AvgIpc) is 3.28. The Morgan fingerprint density at radius 2 is 1.96 bits per heavy atom. The molecule has 0 bridgehead atoms. The maximum atomic E-state index is 13.2. The molecule has 1 saturated heterocycles. The van der Waals surface area contributed by atoms with Gasteiger partial charge in [0.05, 0.1) is 17.6 Å². The van der Waals surface area contributed by atoms with Crippen LogP contribution in [0.5, 0.6) is 0 Å². The molecule has 1 aromatic heterocycles. The van der Waals surface area contributed by atoms with Crippen LogP contribution in [0, 0.1) is 0 Å². The smallest absolute Gasteiger partial charge is 0.245 e. The molecular formula is C17H20ClN5O3S. The van der Waals surface area contributed by atoms with Crippen molar-refractivity contribution in [1.29, 1.82) is 0 Å². The number of carbonyl (C=O) groups excluding carboxylic acids is 1. The predicted octanol–water partition coefficient (Wildman–Crippen LogP) is 1.82. The molecule has 1 atom stereocenters. The Hall–Kier alpha value is -1.97. The van der Waals surface area contributed by atoms with Crippen LogP contribution in [0.3, 0.4) is 0 Å². The fraction of sp³-hybridized carbons (Fsp3) is 0.471. The molecular weight excluding hydrogens is 390 g/mol. The number of sulfonamides is 1. The highest BCUT2D eigenvalue weighted by Gasteiger charge is 2.40. The van der Waals surface area contributed by atoms with E-state index < -0.39 is 10.0 Å². The van der Waals surface area contributed by atoms with E-state index in [1.807, 2.05) is 4.57 Å². The SMILES string of the molecule is CC(=O)N1CCn2c(nnc2C2CCCN2S(=O)(=O)c2ccccc2Cl)C1. The zero-order chi connectivity index (χ0) is 19.2. The van der Waals surface area contributed by atoms with Crippen LogP contribution in [0.15, 0.2) is 29.2 Å². The summed E-state index contributed by atoms with van der Waals surface area (Å²) in [6, 6.07) is 6.10. The molecule has 1 amide bonds. The minimum atomic E-state index is -3.74. The van der Waals surface area contributed by atoms with Gasteiger partial charge >= 0.3 is 0 Å². The maximum absolute atomic E-state index is 13.2. The lowest BCUT2D eigenvalue weighted by Crippen LogP contribution is -2.38. The standard InChI is InChI=1S/C17H20ClN5O3S/c1-12(24)21-9-10-22-16(11-21)19-20-17(22)14-6-4-8-23(14)27(25,26)15-7-3-2-5-13(15)18/h2-3,5,7,14H,4,6,8-11H2,1H3. The molecule has 0 saturated carbocycles. The Morgan fingerprint density at radius 3 is 2.70 bits per heavy atom. The van der Waals surface area contributed by atoms with Crippen LogP contribution in [0.2, 0.25) is 5.02 Å². The molecule has 2 aliphatic rings. The molecule has 1 fully saturated rings. The van der Waals surface area contributed by atoms with E-state index in [4.69, 9.17) is 11.6 Å². The fourth-order valence-electron chi connectivity index (χ4n) is 3.76. The molecule has 2 aliphatic heterocycles. The Balaban J connectivity index is 1.68. The minimum absolute atomic E-state index is 0.00501. The zero-order valence-corrected chi connectivity index (χ0v) is 16.4. The third-order valence-corrected chi connectivity index (χ3v) is 7.56. The van der Waals surface area contributed by atoms with Crippen LogP contribution in [-0.4, -0.2) is 51.4 Å². The van der Waals surface area contributed by atoms with Gasteiger partial charge < -0.3 is 9.47 Å². The molecule has 1 unspecified atom stereocenters. The number of nitrogens with zero attached hydrogens (tertiary/aromatic N) is 5. The Kier molecular flexibility index (Phi) is 4.69. The maximum Gasteiger partial charge on any atom is 0.245 e. The van der Waals surface area contributed by atoms with Gasteiger partial charge in [0.15, 0.2) is 11.6 Å². The van der Waals surface area contributed by atoms with E-state index in [1.54, 1.807) is 23.1 Å². The molecule has 3 heterocycles. The average molecular weight is 410 g/mol. The summed E-state index contributed by atoms with van der Waals surface area (Å²) >= 11 is 6.14. The van der Waals surface area contributed by atoms with Crippen LogP contribution in [0.25, 0.3) is 0 Å². The van der Waals surface area contributed by atoms with Gasteiger partial charge in [-0.1, -0.05) is 23.7 Å². The van der Waals surface area contributed by atoms with E-state index in [2.05, 4.69) is 10.2 Å². The highest BCUT2D eigenvalue weighted by molar-refractivity contribution is 7.89. The molecule has 144 valence electrons. The predicted molar refractivity (Wildman–Crippen MR) is 98.4 cm³/mol. The van der Waals surface area contributed by atoms with Gasteiger partial charge in [-0.05, 0) is 25.0 Å². The van der Waals surface area contributed by atoms with E-state index in [1.165, 1.54) is 17.3 Å². The number of rotatable bonds is 3. The van der Waals surface area contributed by atoms with Crippen molar-refractivity contribution < 1.29 is 13.2 Å². The summed E-state index contributed by atoms with van der Waals surface area (Å²) in [5, 5.41) is 8.71. The second-order valence-corrected chi connectivity index (χ2v) is 9.04. The summed E-state index contributed by atoms with van der Waals surface area (Å²) in [6.07, 6.45) is 1.42. The molecule has 8 nitrogen and oxygen atoms in total. The normalized spacial score (nSPS) is 20.7. The van der Waals surface area contributed by atoms with Gasteiger partial charge in [-0.3, -0.25) is 4.79 Å². The van der Waals surface area contributed by atoms with Crippen molar-refractivity contribution in [1.82, 2.24) is 24.0 Å². The summed E-state index contributed by atoms with van der Waals surface area (Å²) < 4.78 is 29.8. The van der Waals surface area contributed by atoms with Gasteiger partial charge in [0.25, 0.3) is 0 Å². The zero-order valence-electron chi connectivity index (χ0n) is 14.9. The van der Waals surface area contributed by atoms with Gasteiger partial charge in [-0.25, -0.2) is 8.42 Å². The highest BCUT2D eigenvalue weighted by atomic mass is 35.5. The fourth-order valence-corrected chi connectivity index (χ4v) is 5.91. The summed E-state index contributed by atoms with van der Waals surface area (Å²) in [5.74, 6) is 1.32. The largest absolute Gasteiger partial charge is 0.334 e. The number of hydrogen-bond acceptors (Lipinski definition) is 5. The number of hydrogen-bond donors (Lipinski definition) is 0. The number of amides is 1. The second-order valence-electron chi connectivity index (χ2n) is 6.77. The van der Waals surface area contributed by atoms with Gasteiger partial charge in [0.2, 0.25) is 15.9 Å². The van der Waals surface area contributed by atoms with E-state index in [0.717, 1.165) is 6.42 Å². The summed E-state index contributed by atoms with van der Waals surface area (Å²) in [7, 11) is -3.74. The molecule has 0 aliphatic carbocycles. The minimum Gasteiger partial charge on any atom is -0.334 e. The molecule has 4 rings (SSSR count). The summed E-state index contributed by atoms with van der Waals surface area (Å²) in [5.41, 5.74) is 0. The Morgan fingerprint density at radius 1 is 1.19 bits per heavy atom. The van der Waals surface area contributed by atoms with Crippen molar-refractivity contribution in [3.8, 4) is 0 Å². The van der Waals surface area contributed by atoms with Crippen molar-refractivity contribution >= 4 is 27.5 Å². The molecule has 0 radical (unpaired) electrons. The van der Waals surface area contributed by atoms with Gasteiger partial charge in [-0.15, -0.1) is 10.2 Å². The molecule has 0 N–H and O–H groups in total. The topological polar surface area (TPSA) is 88.4 Å². The second kappa shape index (κ2) is 6.88. The third-order valence-electron chi connectivity index (χ3n) is 5.15. The third kappa shape index (κ3) is 3.13. The van der Waals surface area contributed by atoms with E-state index in [-0.39, 0.29) is 21.9 Å². The Labute approximate surface area is 162 Å². The molecule has 0 spiro atoms. The number of halogens is 1. The first kappa shape index (κ1) is 18.4. The number of aromatic nitrogens is 3. The van der Waals surface area contributed by atoms with Crippen molar-refractivity contribution in [2.75, 3.05) is 13.1 Å². The monoisotopic (exact) mass is 409 g/mol. The quantitative estimate of drug-likeness (QED) is 0.771. The van der Waals surface area contributed by atoms with Crippen LogP contribution in [-0.2, 0) is 27.9 Å². The number of benzene rings is 1.